The molecule has 1 unspecified atom stereocenters. The van der Waals surface area contributed by atoms with Crippen LogP contribution in [0.5, 0.6) is 0 Å². The van der Waals surface area contributed by atoms with Gasteiger partial charge in [-0.2, -0.15) is 0 Å². The zero-order valence-corrected chi connectivity index (χ0v) is 12.8. The number of aliphatic hydroxyl groups is 1. The Morgan fingerprint density at radius 1 is 1.43 bits per heavy atom. The predicted molar refractivity (Wildman–Crippen MR) is 80.5 cm³/mol. The second kappa shape index (κ2) is 7.95. The molecule has 0 aliphatic carbocycles. The molecule has 1 aromatic carbocycles. The highest BCUT2D eigenvalue weighted by molar-refractivity contribution is 6.34. The van der Waals surface area contributed by atoms with Crippen molar-refractivity contribution in [1.82, 2.24) is 5.32 Å². The first-order chi connectivity index (χ1) is 9.92. The van der Waals surface area contributed by atoms with Crippen LogP contribution in [0.3, 0.4) is 0 Å². The topological polar surface area (TPSA) is 92.5 Å². The minimum absolute atomic E-state index is 0.0127. The van der Waals surface area contributed by atoms with Crippen LogP contribution in [0.25, 0.3) is 0 Å². The van der Waals surface area contributed by atoms with E-state index < -0.39 is 16.9 Å². The fourth-order valence-corrected chi connectivity index (χ4v) is 2.43. The summed E-state index contributed by atoms with van der Waals surface area (Å²) < 4.78 is 0. The molecule has 1 atom stereocenters. The molecule has 0 aromatic heterocycles. The summed E-state index contributed by atoms with van der Waals surface area (Å²) in [4.78, 5) is 22.4. The van der Waals surface area contributed by atoms with Gasteiger partial charge in [0.15, 0.2) is 0 Å². The Hall–Kier alpha value is -1.66. The van der Waals surface area contributed by atoms with E-state index in [9.17, 15) is 20.0 Å². The highest BCUT2D eigenvalue weighted by atomic mass is 35.5. The molecule has 0 aliphatic rings. The molecule has 2 N–H and O–H groups in total. The van der Waals surface area contributed by atoms with Crippen LogP contribution in [0.4, 0.5) is 5.69 Å². The van der Waals surface area contributed by atoms with Crippen molar-refractivity contribution in [3.05, 3.63) is 38.9 Å². The quantitative estimate of drug-likeness (QED) is 0.598. The van der Waals surface area contributed by atoms with E-state index in [1.54, 1.807) is 0 Å². The molecule has 0 fully saturated rings. The summed E-state index contributed by atoms with van der Waals surface area (Å²) in [6.07, 6.45) is 0.894. The van der Waals surface area contributed by atoms with E-state index in [-0.39, 0.29) is 28.7 Å². The molecule has 0 bridgehead atoms. The average Bonchev–Trinajstić information content (AvgIpc) is 2.45. The lowest BCUT2D eigenvalue weighted by Crippen LogP contribution is -2.36. The van der Waals surface area contributed by atoms with E-state index in [2.05, 4.69) is 5.32 Å². The van der Waals surface area contributed by atoms with Crippen molar-refractivity contribution < 1.29 is 14.8 Å². The summed E-state index contributed by atoms with van der Waals surface area (Å²) in [7, 11) is 0. The Bertz CT molecular complexity index is 518. The molecule has 1 rings (SSSR count). The van der Waals surface area contributed by atoms with Gasteiger partial charge < -0.3 is 10.4 Å². The van der Waals surface area contributed by atoms with E-state index in [4.69, 9.17) is 11.6 Å². The first-order valence-electron chi connectivity index (χ1n) is 6.81. The summed E-state index contributed by atoms with van der Waals surface area (Å²) in [5.74, 6) is -0.580. The number of benzene rings is 1. The minimum atomic E-state index is -0.689. The smallest absolute Gasteiger partial charge is 0.283 e. The molecule has 6 nitrogen and oxygen atoms in total. The molecule has 0 radical (unpaired) electrons. The van der Waals surface area contributed by atoms with Gasteiger partial charge in [-0.15, -0.1) is 0 Å². The minimum Gasteiger partial charge on any atom is -0.391 e. The number of nitro groups is 1. The van der Waals surface area contributed by atoms with Gasteiger partial charge in [-0.3, -0.25) is 14.9 Å². The van der Waals surface area contributed by atoms with Gasteiger partial charge in [-0.05, 0) is 12.0 Å². The Morgan fingerprint density at radius 2 is 2.05 bits per heavy atom. The summed E-state index contributed by atoms with van der Waals surface area (Å²) in [5.41, 5.74) is -0.530. The number of nitrogens with zero attached hydrogens (tertiary/aromatic N) is 1. The van der Waals surface area contributed by atoms with Crippen molar-refractivity contribution in [2.45, 2.75) is 32.8 Å². The second-order valence-electron chi connectivity index (χ2n) is 4.75. The van der Waals surface area contributed by atoms with Crippen molar-refractivity contribution in [3.63, 3.8) is 0 Å². The van der Waals surface area contributed by atoms with Gasteiger partial charge >= 0.3 is 0 Å². The van der Waals surface area contributed by atoms with Gasteiger partial charge in [-0.1, -0.05) is 44.4 Å². The van der Waals surface area contributed by atoms with E-state index in [1.807, 2.05) is 13.8 Å². The number of aliphatic hydroxyl groups excluding tert-OH is 1. The molecule has 1 aromatic rings. The number of hydrogen-bond donors (Lipinski definition) is 2. The van der Waals surface area contributed by atoms with E-state index in [0.717, 1.165) is 12.8 Å². The number of halogens is 1. The summed E-state index contributed by atoms with van der Waals surface area (Å²) >= 11 is 5.87. The van der Waals surface area contributed by atoms with Crippen molar-refractivity contribution in [1.29, 1.82) is 0 Å². The summed E-state index contributed by atoms with van der Waals surface area (Å²) in [6, 6.07) is 4.05. The maximum absolute atomic E-state index is 12.1. The maximum atomic E-state index is 12.1. The number of amides is 1. The normalized spacial score (nSPS) is 12.2. The summed E-state index contributed by atoms with van der Waals surface area (Å²) in [6.45, 7) is 3.95. The van der Waals surface area contributed by atoms with Crippen LogP contribution in [0.1, 0.15) is 37.0 Å². The molecular formula is C14H19ClN2O4. The molecule has 0 spiro atoms. The number of nitro benzene ring substituents is 1. The SMILES string of the molecule is CCC(CC)C(O)CNC(=O)c1c(Cl)cccc1[N+](=O)[O-]. The van der Waals surface area contributed by atoms with E-state index in [0.29, 0.717) is 0 Å². The average molecular weight is 315 g/mol. The molecule has 0 aliphatic heterocycles. The molecule has 1 amide bonds. The fraction of sp³-hybridized carbons (Fsp3) is 0.500. The van der Waals surface area contributed by atoms with Crippen LogP contribution in [-0.2, 0) is 0 Å². The third kappa shape index (κ3) is 4.41. The first kappa shape index (κ1) is 17.4. The number of hydrogen-bond acceptors (Lipinski definition) is 4. The van der Waals surface area contributed by atoms with Gasteiger partial charge in [0.05, 0.1) is 16.0 Å². The molecule has 7 heteroatoms. The number of nitrogens with one attached hydrogen (secondary N) is 1. The van der Waals surface area contributed by atoms with E-state index in [1.165, 1.54) is 18.2 Å². The monoisotopic (exact) mass is 314 g/mol. The van der Waals surface area contributed by atoms with Crippen molar-refractivity contribution >= 4 is 23.2 Å². The van der Waals surface area contributed by atoms with Crippen molar-refractivity contribution in [2.24, 2.45) is 5.92 Å². The molecule has 116 valence electrons. The van der Waals surface area contributed by atoms with Crippen LogP contribution < -0.4 is 5.32 Å². The van der Waals surface area contributed by atoms with Crippen LogP contribution in [0, 0.1) is 16.0 Å². The Balaban J connectivity index is 2.84. The van der Waals surface area contributed by atoms with Crippen LogP contribution in [0.15, 0.2) is 18.2 Å². The molecular weight excluding hydrogens is 296 g/mol. The third-order valence-electron chi connectivity index (χ3n) is 3.48. The molecule has 21 heavy (non-hydrogen) atoms. The van der Waals surface area contributed by atoms with E-state index >= 15 is 0 Å². The van der Waals surface area contributed by atoms with Crippen LogP contribution >= 0.6 is 11.6 Å². The predicted octanol–water partition coefficient (Wildman–Crippen LogP) is 2.78. The van der Waals surface area contributed by atoms with Crippen LogP contribution in [-0.4, -0.2) is 28.6 Å². The van der Waals surface area contributed by atoms with Gasteiger partial charge in [0.1, 0.15) is 5.56 Å². The maximum Gasteiger partial charge on any atom is 0.283 e. The number of carbonyl (C=O) groups excluding carboxylic acids is 1. The largest absolute Gasteiger partial charge is 0.391 e. The van der Waals surface area contributed by atoms with Gasteiger partial charge in [0, 0.05) is 12.6 Å². The zero-order chi connectivity index (χ0) is 16.0. The standard InChI is InChI=1S/C14H19ClN2O4/c1-3-9(4-2)12(18)8-16-14(19)13-10(15)6-5-7-11(13)17(20)21/h5-7,9,12,18H,3-4,8H2,1-2H3,(H,16,19). The van der Waals surface area contributed by atoms with Gasteiger partial charge in [0.25, 0.3) is 11.6 Å². The third-order valence-corrected chi connectivity index (χ3v) is 3.80. The Morgan fingerprint density at radius 3 is 2.57 bits per heavy atom. The molecule has 0 heterocycles. The van der Waals surface area contributed by atoms with Crippen molar-refractivity contribution in [2.75, 3.05) is 6.54 Å². The Kier molecular flexibility index (Phi) is 6.58. The highest BCUT2D eigenvalue weighted by Crippen LogP contribution is 2.26. The van der Waals surface area contributed by atoms with Gasteiger partial charge in [-0.25, -0.2) is 0 Å². The lowest BCUT2D eigenvalue weighted by atomic mass is 9.96. The van der Waals surface area contributed by atoms with Gasteiger partial charge in [0.2, 0.25) is 0 Å². The lowest BCUT2D eigenvalue weighted by molar-refractivity contribution is -0.385. The van der Waals surface area contributed by atoms with Crippen molar-refractivity contribution in [3.8, 4) is 0 Å². The Labute approximate surface area is 128 Å². The molecule has 0 saturated heterocycles. The zero-order valence-electron chi connectivity index (χ0n) is 12.0. The van der Waals surface area contributed by atoms with Crippen LogP contribution in [0.2, 0.25) is 5.02 Å². The number of carbonyl (C=O) groups is 1. The number of rotatable bonds is 7. The molecule has 0 saturated carbocycles. The second-order valence-corrected chi connectivity index (χ2v) is 5.15. The highest BCUT2D eigenvalue weighted by Gasteiger charge is 2.24. The fourth-order valence-electron chi connectivity index (χ4n) is 2.17. The lowest BCUT2D eigenvalue weighted by Gasteiger charge is -2.20. The first-order valence-corrected chi connectivity index (χ1v) is 7.19. The summed E-state index contributed by atoms with van der Waals surface area (Å²) in [5, 5.41) is 23.4.